The van der Waals surface area contributed by atoms with Gasteiger partial charge >= 0.3 is 0 Å². The number of carbonyl (C=O) groups is 1. The number of hydrogen-bond acceptors (Lipinski definition) is 6. The second kappa shape index (κ2) is 17.2. The second-order valence-corrected chi connectivity index (χ2v) is 8.87. The fourth-order valence-corrected chi connectivity index (χ4v) is 3.56. The van der Waals surface area contributed by atoms with E-state index >= 15 is 0 Å². The summed E-state index contributed by atoms with van der Waals surface area (Å²) in [6.45, 7) is 16.8. The summed E-state index contributed by atoms with van der Waals surface area (Å²) in [5, 5.41) is 17.9. The van der Waals surface area contributed by atoms with Crippen LogP contribution in [0.15, 0.2) is 118 Å². The number of aliphatic imine (C=N–C) groups is 1. The van der Waals surface area contributed by atoms with Crippen LogP contribution < -0.4 is 5.32 Å². The monoisotopic (exact) mass is 524 g/mol. The first kappa shape index (κ1) is 30.8. The number of para-hydroxylation sites is 1. The van der Waals surface area contributed by atoms with Crippen molar-refractivity contribution in [2.24, 2.45) is 20.3 Å². The molecule has 0 aliphatic rings. The van der Waals surface area contributed by atoms with Crippen LogP contribution in [0.2, 0.25) is 0 Å². The van der Waals surface area contributed by atoms with E-state index in [1.54, 1.807) is 30.4 Å². The first-order chi connectivity index (χ1) is 18.9. The van der Waals surface area contributed by atoms with E-state index in [9.17, 15) is 4.79 Å². The van der Waals surface area contributed by atoms with Crippen molar-refractivity contribution in [3.63, 3.8) is 0 Å². The average molecular weight is 525 g/mol. The van der Waals surface area contributed by atoms with Crippen LogP contribution in [0.25, 0.3) is 0 Å². The van der Waals surface area contributed by atoms with Gasteiger partial charge in [-0.25, -0.2) is 4.99 Å². The maximum atomic E-state index is 12.9. The van der Waals surface area contributed by atoms with Crippen LogP contribution in [-0.2, 0) is 6.54 Å². The molecule has 0 bridgehead atoms. The molecule has 0 aromatic heterocycles. The topological polar surface area (TPSA) is 81.8 Å². The summed E-state index contributed by atoms with van der Waals surface area (Å²) in [5.41, 5.74) is 5.11. The Balaban J connectivity index is 2.25. The van der Waals surface area contributed by atoms with Gasteiger partial charge in [0, 0.05) is 18.2 Å². The molecule has 0 atom stereocenters. The number of rotatable bonds is 14. The van der Waals surface area contributed by atoms with Gasteiger partial charge in [-0.1, -0.05) is 62.1 Å². The normalized spacial score (nSPS) is 12.7. The highest BCUT2D eigenvalue weighted by Crippen LogP contribution is 2.18. The highest BCUT2D eigenvalue weighted by Gasteiger charge is 2.11. The zero-order valence-corrected chi connectivity index (χ0v) is 23.6. The highest BCUT2D eigenvalue weighted by atomic mass is 16.1. The minimum Gasteiger partial charge on any atom is -0.310 e. The highest BCUT2D eigenvalue weighted by molar-refractivity contribution is 6.06. The minimum atomic E-state index is -0.220. The molecular formula is C32H40N6O. The number of amides is 1. The Morgan fingerprint density at radius 2 is 1.90 bits per heavy atom. The Labute approximate surface area is 233 Å². The van der Waals surface area contributed by atoms with Crippen LogP contribution in [0.5, 0.6) is 0 Å². The fraction of sp³-hybridized carbons (Fsp3) is 0.281. The van der Waals surface area contributed by atoms with E-state index in [0.29, 0.717) is 37.3 Å². The standard InChI is InChI=1S/C32H40N6O/c1-7-11-19-31(29(15-8-2)23-34-33-21-9-3)37-38(10-4)24-27-17-14-18-28(22-27)32(39)36-26(6)35-30-20-13-12-16-25(30)5/h7-8,10-14,16-18,20,22-23H,2,4,9,15,19,21,24H2,1,3,5-6H3,(H,35,36,39)/b11-7-,29-23+,34-33?,37-31+. The maximum absolute atomic E-state index is 12.9. The number of azo groups is 1. The number of hydrazone groups is 1. The third-order valence-electron chi connectivity index (χ3n) is 5.59. The number of allylic oxidation sites excluding steroid dienone is 4. The first-order valence-electron chi connectivity index (χ1n) is 13.2. The van der Waals surface area contributed by atoms with E-state index < -0.39 is 0 Å². The summed E-state index contributed by atoms with van der Waals surface area (Å²) in [6, 6.07) is 15.3. The van der Waals surface area contributed by atoms with Gasteiger partial charge in [0.1, 0.15) is 5.84 Å². The Hall–Kier alpha value is -4.39. The van der Waals surface area contributed by atoms with Crippen LogP contribution in [0, 0.1) is 6.92 Å². The molecule has 0 radical (unpaired) electrons. The first-order valence-corrected chi connectivity index (χ1v) is 13.2. The van der Waals surface area contributed by atoms with Gasteiger partial charge in [-0.05, 0) is 68.5 Å². The van der Waals surface area contributed by atoms with Crippen molar-refractivity contribution in [2.75, 3.05) is 6.54 Å². The van der Waals surface area contributed by atoms with Crippen molar-refractivity contribution >= 4 is 23.1 Å². The molecule has 0 aliphatic heterocycles. The lowest BCUT2D eigenvalue weighted by molar-refractivity contribution is 0.0976. The Morgan fingerprint density at radius 1 is 1.10 bits per heavy atom. The number of carbonyl (C=O) groups excluding carboxylic acids is 1. The number of benzene rings is 2. The molecule has 0 aliphatic carbocycles. The van der Waals surface area contributed by atoms with E-state index in [4.69, 9.17) is 5.10 Å². The summed E-state index contributed by atoms with van der Waals surface area (Å²) in [7, 11) is 0. The molecule has 2 aromatic carbocycles. The maximum Gasteiger partial charge on any atom is 0.256 e. The molecule has 7 heteroatoms. The van der Waals surface area contributed by atoms with Crippen molar-refractivity contribution in [3.8, 4) is 0 Å². The second-order valence-electron chi connectivity index (χ2n) is 8.87. The van der Waals surface area contributed by atoms with Crippen LogP contribution in [-0.4, -0.2) is 29.0 Å². The van der Waals surface area contributed by atoms with Gasteiger partial charge in [-0.15, -0.1) is 6.58 Å². The number of amidine groups is 1. The number of nitrogens with zero attached hydrogens (tertiary/aromatic N) is 5. The SMILES string of the molecule is C=CCC(=C\N=NCCC)/C(C/C=C\C)=N/N(C=C)Cc1cccc(C(=O)NC(C)=Nc2ccccc2C)c1. The van der Waals surface area contributed by atoms with Gasteiger partial charge in [0.15, 0.2) is 0 Å². The zero-order valence-electron chi connectivity index (χ0n) is 23.6. The lowest BCUT2D eigenvalue weighted by Crippen LogP contribution is -2.28. The summed E-state index contributed by atoms with van der Waals surface area (Å²) in [6.07, 6.45) is 11.5. The molecule has 0 unspecified atom stereocenters. The van der Waals surface area contributed by atoms with Crippen molar-refractivity contribution in [3.05, 3.63) is 115 Å². The molecule has 2 aromatic rings. The molecule has 0 heterocycles. The predicted molar refractivity (Wildman–Crippen MR) is 163 cm³/mol. The number of hydrogen-bond donors (Lipinski definition) is 1. The molecule has 39 heavy (non-hydrogen) atoms. The van der Waals surface area contributed by atoms with E-state index in [1.165, 1.54) is 0 Å². The van der Waals surface area contributed by atoms with Gasteiger partial charge < -0.3 is 5.32 Å². The third kappa shape index (κ3) is 10.9. The summed E-state index contributed by atoms with van der Waals surface area (Å²) < 4.78 is 0. The van der Waals surface area contributed by atoms with Crippen molar-refractivity contribution in [2.45, 2.75) is 53.5 Å². The molecule has 1 N–H and O–H groups in total. The quantitative estimate of drug-likeness (QED) is 0.0891. The summed E-state index contributed by atoms with van der Waals surface area (Å²) >= 11 is 0. The molecule has 0 fully saturated rings. The molecule has 0 spiro atoms. The molecule has 0 saturated carbocycles. The van der Waals surface area contributed by atoms with E-state index in [0.717, 1.165) is 34.5 Å². The van der Waals surface area contributed by atoms with Crippen molar-refractivity contribution < 1.29 is 4.79 Å². The summed E-state index contributed by atoms with van der Waals surface area (Å²) in [4.78, 5) is 17.5. The van der Waals surface area contributed by atoms with Crippen molar-refractivity contribution in [1.29, 1.82) is 0 Å². The Bertz CT molecular complexity index is 1270. The average Bonchev–Trinajstić information content (AvgIpc) is 2.93. The van der Waals surface area contributed by atoms with Crippen LogP contribution in [0.3, 0.4) is 0 Å². The van der Waals surface area contributed by atoms with Crippen LogP contribution >= 0.6 is 0 Å². The largest absolute Gasteiger partial charge is 0.310 e. The number of nitrogens with one attached hydrogen (secondary N) is 1. The van der Waals surface area contributed by atoms with Gasteiger partial charge in [-0.3, -0.25) is 9.80 Å². The Morgan fingerprint density at radius 3 is 2.59 bits per heavy atom. The molecule has 1 amide bonds. The number of aryl methyl sites for hydroxylation is 1. The van der Waals surface area contributed by atoms with Gasteiger partial charge in [0.25, 0.3) is 5.91 Å². The van der Waals surface area contributed by atoms with Crippen LogP contribution in [0.4, 0.5) is 5.69 Å². The van der Waals surface area contributed by atoms with E-state index in [1.807, 2.05) is 74.5 Å². The summed E-state index contributed by atoms with van der Waals surface area (Å²) in [5.74, 6) is 0.311. The van der Waals surface area contributed by atoms with Gasteiger partial charge in [0.2, 0.25) is 0 Å². The zero-order chi connectivity index (χ0) is 28.5. The molecule has 2 rings (SSSR count). The third-order valence-corrected chi connectivity index (χ3v) is 5.59. The minimum absolute atomic E-state index is 0.220. The predicted octanol–water partition coefficient (Wildman–Crippen LogP) is 8.06. The molecule has 204 valence electrons. The van der Waals surface area contributed by atoms with Gasteiger partial charge in [0.05, 0.1) is 30.7 Å². The van der Waals surface area contributed by atoms with E-state index in [2.05, 4.69) is 40.6 Å². The molecule has 0 saturated heterocycles. The molecular weight excluding hydrogens is 484 g/mol. The lowest BCUT2D eigenvalue weighted by Gasteiger charge is -2.18. The smallest absolute Gasteiger partial charge is 0.256 e. The van der Waals surface area contributed by atoms with E-state index in [-0.39, 0.29) is 5.91 Å². The molecule has 7 nitrogen and oxygen atoms in total. The fourth-order valence-electron chi connectivity index (χ4n) is 3.56. The van der Waals surface area contributed by atoms with Gasteiger partial charge in [-0.2, -0.15) is 15.3 Å². The lowest BCUT2D eigenvalue weighted by atomic mass is 10.1. The Kier molecular flexibility index (Phi) is 13.6. The van der Waals surface area contributed by atoms with Crippen LogP contribution in [0.1, 0.15) is 61.5 Å². The van der Waals surface area contributed by atoms with Crippen molar-refractivity contribution in [1.82, 2.24) is 10.3 Å².